The predicted molar refractivity (Wildman–Crippen MR) is 97.1 cm³/mol. The van der Waals surface area contributed by atoms with E-state index in [1.807, 2.05) is 13.8 Å². The molecule has 0 aromatic heterocycles. The van der Waals surface area contributed by atoms with Crippen molar-refractivity contribution in [2.45, 2.75) is 52.0 Å². The van der Waals surface area contributed by atoms with Gasteiger partial charge in [-0.2, -0.15) is 0 Å². The minimum Gasteiger partial charge on any atom is -0.507 e. The third kappa shape index (κ3) is 5.21. The molecule has 7 nitrogen and oxygen atoms in total. The van der Waals surface area contributed by atoms with Gasteiger partial charge in [0, 0.05) is 5.92 Å². The normalized spacial score (nSPS) is 16.0. The van der Waals surface area contributed by atoms with Crippen molar-refractivity contribution in [1.29, 1.82) is 0 Å². The minimum atomic E-state index is -0.742. The van der Waals surface area contributed by atoms with Gasteiger partial charge in [0.25, 0.3) is 11.8 Å². The summed E-state index contributed by atoms with van der Waals surface area (Å²) in [6.07, 6.45) is 4.92. The molecule has 142 valence electrons. The van der Waals surface area contributed by atoms with Crippen molar-refractivity contribution in [3.63, 3.8) is 0 Å². The van der Waals surface area contributed by atoms with Gasteiger partial charge >= 0.3 is 0 Å². The molecule has 1 aromatic rings. The lowest BCUT2D eigenvalue weighted by Gasteiger charge is -2.26. The van der Waals surface area contributed by atoms with Crippen LogP contribution in [0.15, 0.2) is 24.3 Å². The maximum Gasteiger partial charge on any atom is 0.273 e. The molecule has 3 amide bonds. The molecule has 0 heterocycles. The highest BCUT2D eigenvalue weighted by molar-refractivity contribution is 5.98. The van der Waals surface area contributed by atoms with Crippen molar-refractivity contribution in [3.05, 3.63) is 29.8 Å². The number of hydrogen-bond acceptors (Lipinski definition) is 4. The Balaban J connectivity index is 1.92. The van der Waals surface area contributed by atoms with E-state index in [9.17, 15) is 19.5 Å². The number of phenols is 1. The van der Waals surface area contributed by atoms with Crippen molar-refractivity contribution in [3.8, 4) is 5.75 Å². The Morgan fingerprint density at radius 2 is 1.69 bits per heavy atom. The topological polar surface area (TPSA) is 108 Å². The zero-order chi connectivity index (χ0) is 19.1. The van der Waals surface area contributed by atoms with Crippen molar-refractivity contribution in [2.75, 3.05) is 0 Å². The van der Waals surface area contributed by atoms with Crippen LogP contribution in [0.25, 0.3) is 0 Å². The van der Waals surface area contributed by atoms with E-state index >= 15 is 0 Å². The van der Waals surface area contributed by atoms with Gasteiger partial charge in [0.05, 0.1) is 5.56 Å². The Morgan fingerprint density at radius 1 is 1.04 bits per heavy atom. The number of phenolic OH excluding ortho intramolecular Hbond substituents is 1. The number of rotatable bonds is 5. The van der Waals surface area contributed by atoms with Crippen LogP contribution in [0.4, 0.5) is 0 Å². The molecule has 1 fully saturated rings. The third-order valence-electron chi connectivity index (χ3n) is 4.67. The third-order valence-corrected chi connectivity index (χ3v) is 4.67. The molecule has 0 bridgehead atoms. The fraction of sp³-hybridized carbons (Fsp3) is 0.526. The fourth-order valence-corrected chi connectivity index (χ4v) is 3.10. The Kier molecular flexibility index (Phi) is 7.00. The van der Waals surface area contributed by atoms with Gasteiger partial charge in [-0.25, -0.2) is 0 Å². The Bertz CT molecular complexity index is 654. The molecule has 0 spiro atoms. The van der Waals surface area contributed by atoms with E-state index in [1.165, 1.54) is 12.1 Å². The van der Waals surface area contributed by atoms with E-state index in [-0.39, 0.29) is 29.1 Å². The molecule has 1 saturated carbocycles. The lowest BCUT2D eigenvalue weighted by molar-refractivity contribution is -0.133. The van der Waals surface area contributed by atoms with Gasteiger partial charge in [0.15, 0.2) is 0 Å². The van der Waals surface area contributed by atoms with E-state index in [0.717, 1.165) is 32.1 Å². The highest BCUT2D eigenvalue weighted by Crippen LogP contribution is 2.24. The van der Waals surface area contributed by atoms with E-state index in [2.05, 4.69) is 16.2 Å². The highest BCUT2D eigenvalue weighted by atomic mass is 16.3. The average Bonchev–Trinajstić information content (AvgIpc) is 2.64. The summed E-state index contributed by atoms with van der Waals surface area (Å²) < 4.78 is 0. The van der Waals surface area contributed by atoms with Gasteiger partial charge in [0.1, 0.15) is 11.8 Å². The van der Waals surface area contributed by atoms with E-state index in [1.54, 1.807) is 12.1 Å². The smallest absolute Gasteiger partial charge is 0.273 e. The fourth-order valence-electron chi connectivity index (χ4n) is 3.10. The summed E-state index contributed by atoms with van der Waals surface area (Å²) in [5.41, 5.74) is 4.67. The molecule has 1 aliphatic carbocycles. The first-order valence-corrected chi connectivity index (χ1v) is 9.08. The molecule has 26 heavy (non-hydrogen) atoms. The number of carbonyl (C=O) groups is 3. The summed E-state index contributed by atoms with van der Waals surface area (Å²) >= 11 is 0. The first-order valence-electron chi connectivity index (χ1n) is 9.08. The van der Waals surface area contributed by atoms with Crippen LogP contribution < -0.4 is 16.2 Å². The van der Waals surface area contributed by atoms with Gasteiger partial charge in [-0.1, -0.05) is 45.2 Å². The maximum atomic E-state index is 12.4. The standard InChI is InChI=1S/C19H27N3O4/c1-12(2)16(20-17(24)13-8-4-3-5-9-13)19(26)22-21-18(25)14-10-6-7-11-15(14)23/h6-7,10-13,16,23H,3-5,8-9H2,1-2H3,(H,20,24)(H,21,25)(H,22,26)/t16-/m0/s1. The van der Waals surface area contributed by atoms with Crippen molar-refractivity contribution >= 4 is 17.7 Å². The molecule has 2 rings (SSSR count). The second-order valence-electron chi connectivity index (χ2n) is 7.03. The van der Waals surface area contributed by atoms with E-state index < -0.39 is 17.9 Å². The zero-order valence-corrected chi connectivity index (χ0v) is 15.2. The largest absolute Gasteiger partial charge is 0.507 e. The number of hydrazine groups is 1. The minimum absolute atomic E-state index is 0.0475. The van der Waals surface area contributed by atoms with E-state index in [4.69, 9.17) is 0 Å². The highest BCUT2D eigenvalue weighted by Gasteiger charge is 2.29. The predicted octanol–water partition coefficient (Wildman–Crippen LogP) is 1.87. The van der Waals surface area contributed by atoms with Crippen LogP contribution in [0.1, 0.15) is 56.3 Å². The summed E-state index contributed by atoms with van der Waals surface area (Å²) in [5.74, 6) is -1.58. The summed E-state index contributed by atoms with van der Waals surface area (Å²) in [6, 6.07) is 5.30. The van der Waals surface area contributed by atoms with Gasteiger partial charge in [0.2, 0.25) is 5.91 Å². The summed E-state index contributed by atoms with van der Waals surface area (Å²) in [5, 5.41) is 12.5. The average molecular weight is 361 g/mol. The SMILES string of the molecule is CC(C)[C@H](NC(=O)C1CCCCC1)C(=O)NNC(=O)c1ccccc1O. The molecule has 0 aliphatic heterocycles. The number of amides is 3. The molecule has 0 saturated heterocycles. The Labute approximate surface area is 153 Å². The summed E-state index contributed by atoms with van der Waals surface area (Å²) in [4.78, 5) is 36.9. The van der Waals surface area contributed by atoms with Crippen LogP contribution in [0.5, 0.6) is 5.75 Å². The molecular weight excluding hydrogens is 334 g/mol. The summed E-state index contributed by atoms with van der Waals surface area (Å²) in [6.45, 7) is 3.66. The monoisotopic (exact) mass is 361 g/mol. The number of para-hydroxylation sites is 1. The molecule has 4 N–H and O–H groups in total. The van der Waals surface area contributed by atoms with Crippen LogP contribution in [0, 0.1) is 11.8 Å². The van der Waals surface area contributed by atoms with Crippen molar-refractivity contribution in [1.82, 2.24) is 16.2 Å². The number of hydrogen-bond donors (Lipinski definition) is 4. The van der Waals surface area contributed by atoms with Gasteiger partial charge < -0.3 is 10.4 Å². The van der Waals surface area contributed by atoms with Crippen LogP contribution in [0.3, 0.4) is 0 Å². The zero-order valence-electron chi connectivity index (χ0n) is 15.2. The van der Waals surface area contributed by atoms with Crippen molar-refractivity contribution < 1.29 is 19.5 Å². The summed E-state index contributed by atoms with van der Waals surface area (Å²) in [7, 11) is 0. The first-order chi connectivity index (χ1) is 12.4. The van der Waals surface area contributed by atoms with Crippen LogP contribution in [-0.2, 0) is 9.59 Å². The molecular formula is C19H27N3O4. The Morgan fingerprint density at radius 3 is 2.31 bits per heavy atom. The van der Waals surface area contributed by atoms with E-state index in [0.29, 0.717) is 0 Å². The van der Waals surface area contributed by atoms with Crippen molar-refractivity contribution in [2.24, 2.45) is 11.8 Å². The Hall–Kier alpha value is -2.57. The number of benzene rings is 1. The quantitative estimate of drug-likeness (QED) is 0.601. The second-order valence-corrected chi connectivity index (χ2v) is 7.03. The first kappa shape index (κ1) is 19.8. The van der Waals surface area contributed by atoms with Crippen LogP contribution in [0.2, 0.25) is 0 Å². The van der Waals surface area contributed by atoms with Gasteiger partial charge in [-0.3, -0.25) is 25.2 Å². The lowest BCUT2D eigenvalue weighted by atomic mass is 9.88. The van der Waals surface area contributed by atoms with Gasteiger partial charge in [-0.15, -0.1) is 0 Å². The molecule has 1 aliphatic rings. The lowest BCUT2D eigenvalue weighted by Crippen LogP contribution is -2.55. The number of aromatic hydroxyl groups is 1. The molecule has 0 radical (unpaired) electrons. The van der Waals surface area contributed by atoms with Crippen LogP contribution >= 0.6 is 0 Å². The second kappa shape index (κ2) is 9.22. The molecule has 1 atom stereocenters. The number of carbonyl (C=O) groups excluding carboxylic acids is 3. The molecule has 7 heteroatoms. The van der Waals surface area contributed by atoms with Gasteiger partial charge in [-0.05, 0) is 30.9 Å². The molecule has 0 unspecified atom stereocenters. The number of nitrogens with one attached hydrogen (secondary N) is 3. The maximum absolute atomic E-state index is 12.4. The van der Waals surface area contributed by atoms with Crippen LogP contribution in [-0.4, -0.2) is 28.9 Å². The molecule has 1 aromatic carbocycles.